The number of nitrogens with zero attached hydrogens (tertiary/aromatic N) is 4. The summed E-state index contributed by atoms with van der Waals surface area (Å²) >= 11 is 0. The first-order valence-electron chi connectivity index (χ1n) is 8.55. The Labute approximate surface area is 136 Å². The van der Waals surface area contributed by atoms with E-state index >= 15 is 0 Å². The third-order valence-electron chi connectivity index (χ3n) is 4.58. The summed E-state index contributed by atoms with van der Waals surface area (Å²) in [6.07, 6.45) is 6.66. The molecule has 6 heteroatoms. The van der Waals surface area contributed by atoms with Crippen LogP contribution in [0.15, 0.2) is 28.9 Å². The van der Waals surface area contributed by atoms with E-state index in [0.717, 1.165) is 43.6 Å². The standard InChI is InChI=1S/C17H23N5O/c1-2-8-18-14(4-1)10-19-15-5-3-9-22(11-15)12-16-20-17(23-21-16)13-6-7-13/h1-2,4,8,13,15,19H,3,5-7,9-12H2/t15-/m0/s1. The van der Waals surface area contributed by atoms with Gasteiger partial charge in [-0.25, -0.2) is 0 Å². The molecule has 2 aliphatic rings. The fourth-order valence-corrected chi connectivity index (χ4v) is 3.15. The second-order valence-corrected chi connectivity index (χ2v) is 6.60. The summed E-state index contributed by atoms with van der Waals surface area (Å²) in [6, 6.07) is 6.55. The molecule has 0 spiro atoms. The molecule has 1 atom stereocenters. The highest BCUT2D eigenvalue weighted by Gasteiger charge is 2.30. The van der Waals surface area contributed by atoms with Gasteiger partial charge in [-0.05, 0) is 44.4 Å². The number of rotatable bonds is 6. The summed E-state index contributed by atoms with van der Waals surface area (Å²) in [5, 5.41) is 7.75. The largest absolute Gasteiger partial charge is 0.339 e. The molecule has 1 saturated heterocycles. The van der Waals surface area contributed by atoms with E-state index in [1.54, 1.807) is 0 Å². The lowest BCUT2D eigenvalue weighted by atomic mass is 10.1. The van der Waals surface area contributed by atoms with Crippen LogP contribution in [0.4, 0.5) is 0 Å². The van der Waals surface area contributed by atoms with Gasteiger partial charge in [-0.1, -0.05) is 11.2 Å². The van der Waals surface area contributed by atoms with Crippen molar-refractivity contribution in [3.8, 4) is 0 Å². The van der Waals surface area contributed by atoms with Gasteiger partial charge in [0.2, 0.25) is 5.89 Å². The van der Waals surface area contributed by atoms with E-state index in [2.05, 4.69) is 31.4 Å². The number of piperidine rings is 1. The van der Waals surface area contributed by atoms with Crippen molar-refractivity contribution in [1.82, 2.24) is 25.3 Å². The van der Waals surface area contributed by atoms with Crippen LogP contribution in [0.2, 0.25) is 0 Å². The zero-order valence-corrected chi connectivity index (χ0v) is 13.3. The van der Waals surface area contributed by atoms with Gasteiger partial charge in [0.1, 0.15) is 0 Å². The molecule has 0 bridgehead atoms. The van der Waals surface area contributed by atoms with Crippen LogP contribution in [-0.2, 0) is 13.1 Å². The molecule has 0 unspecified atom stereocenters. The van der Waals surface area contributed by atoms with E-state index in [1.165, 1.54) is 25.7 Å². The molecule has 1 aliphatic carbocycles. The van der Waals surface area contributed by atoms with E-state index in [0.29, 0.717) is 12.0 Å². The maximum Gasteiger partial charge on any atom is 0.229 e. The maximum absolute atomic E-state index is 5.35. The molecule has 3 heterocycles. The van der Waals surface area contributed by atoms with Gasteiger partial charge in [-0.3, -0.25) is 9.88 Å². The molecule has 0 radical (unpaired) electrons. The molecule has 2 fully saturated rings. The normalized spacial score (nSPS) is 22.3. The smallest absolute Gasteiger partial charge is 0.229 e. The van der Waals surface area contributed by atoms with Crippen LogP contribution < -0.4 is 5.32 Å². The Morgan fingerprint density at radius 1 is 1.26 bits per heavy atom. The number of nitrogens with one attached hydrogen (secondary N) is 1. The first kappa shape index (κ1) is 14.8. The molecule has 23 heavy (non-hydrogen) atoms. The average Bonchev–Trinajstić information content (AvgIpc) is 3.34. The second-order valence-electron chi connectivity index (χ2n) is 6.60. The Bertz CT molecular complexity index is 625. The zero-order chi connectivity index (χ0) is 15.5. The molecule has 1 aliphatic heterocycles. The van der Waals surface area contributed by atoms with E-state index in [-0.39, 0.29) is 0 Å². The number of hydrogen-bond donors (Lipinski definition) is 1. The first-order chi connectivity index (χ1) is 11.4. The average molecular weight is 313 g/mol. The summed E-state index contributed by atoms with van der Waals surface area (Å²) in [6.45, 7) is 3.75. The SMILES string of the molecule is c1ccc(CN[C@H]2CCCN(Cc3noc(C4CC4)n3)C2)nc1. The Kier molecular flexibility index (Phi) is 4.35. The number of pyridine rings is 1. The summed E-state index contributed by atoms with van der Waals surface area (Å²) in [5.74, 6) is 2.20. The maximum atomic E-state index is 5.35. The highest BCUT2D eigenvalue weighted by molar-refractivity contribution is 5.04. The third kappa shape index (κ3) is 3.95. The van der Waals surface area contributed by atoms with Gasteiger partial charge >= 0.3 is 0 Å². The fourth-order valence-electron chi connectivity index (χ4n) is 3.15. The van der Waals surface area contributed by atoms with Crippen molar-refractivity contribution in [3.05, 3.63) is 41.8 Å². The predicted octanol–water partition coefficient (Wildman–Crippen LogP) is 2.10. The minimum atomic E-state index is 0.501. The lowest BCUT2D eigenvalue weighted by Crippen LogP contribution is -2.45. The van der Waals surface area contributed by atoms with Crippen molar-refractivity contribution in [2.45, 2.75) is 50.7 Å². The second kappa shape index (κ2) is 6.76. The summed E-state index contributed by atoms with van der Waals surface area (Å²) in [4.78, 5) is 11.3. The van der Waals surface area contributed by atoms with Crippen molar-refractivity contribution in [3.63, 3.8) is 0 Å². The Hall–Kier alpha value is -1.79. The van der Waals surface area contributed by atoms with Gasteiger partial charge in [0.25, 0.3) is 0 Å². The number of hydrogen-bond acceptors (Lipinski definition) is 6. The first-order valence-corrected chi connectivity index (χ1v) is 8.55. The van der Waals surface area contributed by atoms with Gasteiger partial charge in [-0.15, -0.1) is 0 Å². The van der Waals surface area contributed by atoms with Gasteiger partial charge in [0, 0.05) is 31.2 Å². The molecule has 6 nitrogen and oxygen atoms in total. The van der Waals surface area contributed by atoms with Crippen LogP contribution in [-0.4, -0.2) is 39.2 Å². The lowest BCUT2D eigenvalue weighted by molar-refractivity contribution is 0.177. The van der Waals surface area contributed by atoms with Crippen LogP contribution >= 0.6 is 0 Å². The lowest BCUT2D eigenvalue weighted by Gasteiger charge is -2.32. The summed E-state index contributed by atoms with van der Waals surface area (Å²) < 4.78 is 5.35. The van der Waals surface area contributed by atoms with E-state index in [4.69, 9.17) is 4.52 Å². The van der Waals surface area contributed by atoms with Gasteiger partial charge in [-0.2, -0.15) is 4.98 Å². The van der Waals surface area contributed by atoms with E-state index in [9.17, 15) is 0 Å². The van der Waals surface area contributed by atoms with Crippen molar-refractivity contribution in [2.75, 3.05) is 13.1 Å². The predicted molar refractivity (Wildman–Crippen MR) is 85.6 cm³/mol. The van der Waals surface area contributed by atoms with Crippen LogP contribution in [0.1, 0.15) is 49.0 Å². The van der Waals surface area contributed by atoms with E-state index < -0.39 is 0 Å². The Morgan fingerprint density at radius 2 is 2.22 bits per heavy atom. The Morgan fingerprint density at radius 3 is 3.04 bits per heavy atom. The highest BCUT2D eigenvalue weighted by Crippen LogP contribution is 2.38. The number of aromatic nitrogens is 3. The molecule has 1 N–H and O–H groups in total. The summed E-state index contributed by atoms with van der Waals surface area (Å²) in [7, 11) is 0. The zero-order valence-electron chi connectivity index (χ0n) is 13.3. The molecule has 0 amide bonds. The molecule has 2 aromatic heterocycles. The topological polar surface area (TPSA) is 67.1 Å². The minimum absolute atomic E-state index is 0.501. The van der Waals surface area contributed by atoms with Gasteiger partial charge in [0.05, 0.1) is 12.2 Å². The Balaban J connectivity index is 1.28. The van der Waals surface area contributed by atoms with Crippen LogP contribution in [0.25, 0.3) is 0 Å². The van der Waals surface area contributed by atoms with Crippen molar-refractivity contribution < 1.29 is 4.52 Å². The van der Waals surface area contributed by atoms with Crippen LogP contribution in [0.3, 0.4) is 0 Å². The minimum Gasteiger partial charge on any atom is -0.339 e. The van der Waals surface area contributed by atoms with Gasteiger partial charge < -0.3 is 9.84 Å². The summed E-state index contributed by atoms with van der Waals surface area (Å²) in [5.41, 5.74) is 1.09. The highest BCUT2D eigenvalue weighted by atomic mass is 16.5. The third-order valence-corrected chi connectivity index (χ3v) is 4.58. The number of likely N-dealkylation sites (tertiary alicyclic amines) is 1. The quantitative estimate of drug-likeness (QED) is 0.881. The fraction of sp³-hybridized carbons (Fsp3) is 0.588. The molecule has 4 rings (SSSR count). The molecular formula is C17H23N5O. The van der Waals surface area contributed by atoms with Crippen LogP contribution in [0, 0.1) is 0 Å². The van der Waals surface area contributed by atoms with Gasteiger partial charge in [0.15, 0.2) is 5.82 Å². The molecule has 122 valence electrons. The molecular weight excluding hydrogens is 290 g/mol. The van der Waals surface area contributed by atoms with Crippen molar-refractivity contribution in [2.24, 2.45) is 0 Å². The molecule has 2 aromatic rings. The molecule has 1 saturated carbocycles. The van der Waals surface area contributed by atoms with Crippen LogP contribution in [0.5, 0.6) is 0 Å². The molecule has 0 aromatic carbocycles. The monoisotopic (exact) mass is 313 g/mol. The van der Waals surface area contributed by atoms with E-state index in [1.807, 2.05) is 18.3 Å². The van der Waals surface area contributed by atoms with Crippen molar-refractivity contribution >= 4 is 0 Å². The van der Waals surface area contributed by atoms with Crippen molar-refractivity contribution in [1.29, 1.82) is 0 Å².